The number of rotatable bonds is 7. The number of carbonyl (C=O) groups is 1. The lowest BCUT2D eigenvalue weighted by Gasteiger charge is -2.05. The fraction of sp³-hybridized carbons (Fsp3) is 0.300. The standard InChI is InChI=1S/C20H21BrN2O4S2/c1-3-27-12-11-23-17-10-7-15(21)13-18(17)28-20(23)22-19(24)14-5-8-16(9-6-14)29(25,26)4-2/h5-10,13H,3-4,11-12H2,1-2H3. The van der Waals surface area contributed by atoms with Crippen LogP contribution in [-0.2, 0) is 21.1 Å². The average Bonchev–Trinajstić information content (AvgIpc) is 3.04. The highest BCUT2D eigenvalue weighted by atomic mass is 79.9. The molecule has 0 fully saturated rings. The van der Waals surface area contributed by atoms with Crippen LogP contribution in [-0.4, -0.2) is 37.9 Å². The van der Waals surface area contributed by atoms with Crippen LogP contribution < -0.4 is 4.80 Å². The smallest absolute Gasteiger partial charge is 0.279 e. The van der Waals surface area contributed by atoms with Crippen LogP contribution >= 0.6 is 27.3 Å². The topological polar surface area (TPSA) is 77.7 Å². The molecule has 0 unspecified atom stereocenters. The quantitative estimate of drug-likeness (QED) is 0.462. The Balaban J connectivity index is 2.00. The third-order valence-corrected chi connectivity index (χ3v) is 7.63. The van der Waals surface area contributed by atoms with Gasteiger partial charge in [-0.2, -0.15) is 4.99 Å². The number of thiazole rings is 1. The molecule has 3 aromatic rings. The number of amides is 1. The Hall–Kier alpha value is -1.81. The number of hydrogen-bond acceptors (Lipinski definition) is 5. The van der Waals surface area contributed by atoms with Crippen molar-refractivity contribution in [2.75, 3.05) is 19.0 Å². The summed E-state index contributed by atoms with van der Waals surface area (Å²) in [6, 6.07) is 11.8. The number of hydrogen-bond donors (Lipinski definition) is 0. The summed E-state index contributed by atoms with van der Waals surface area (Å²) in [4.78, 5) is 17.8. The molecule has 0 aliphatic rings. The number of fused-ring (bicyclic) bond motifs is 1. The molecule has 0 N–H and O–H groups in total. The van der Waals surface area contributed by atoms with Crippen molar-refractivity contribution < 1.29 is 17.9 Å². The second kappa shape index (κ2) is 9.34. The molecule has 154 valence electrons. The maximum atomic E-state index is 12.7. The van der Waals surface area contributed by atoms with Gasteiger partial charge in [0.1, 0.15) is 0 Å². The van der Waals surface area contributed by atoms with Crippen molar-refractivity contribution in [2.24, 2.45) is 4.99 Å². The molecular formula is C20H21BrN2O4S2. The lowest BCUT2D eigenvalue weighted by molar-refractivity contribution is 0.0996. The zero-order chi connectivity index (χ0) is 21.0. The molecule has 2 aromatic carbocycles. The molecule has 1 aromatic heterocycles. The van der Waals surface area contributed by atoms with Crippen molar-refractivity contribution in [1.29, 1.82) is 0 Å². The number of halogens is 1. The van der Waals surface area contributed by atoms with E-state index >= 15 is 0 Å². The second-order valence-corrected chi connectivity index (χ2v) is 10.4. The molecule has 3 rings (SSSR count). The van der Waals surface area contributed by atoms with Crippen molar-refractivity contribution in [3.63, 3.8) is 0 Å². The Morgan fingerprint density at radius 1 is 1.17 bits per heavy atom. The van der Waals surface area contributed by atoms with Gasteiger partial charge in [-0.15, -0.1) is 0 Å². The van der Waals surface area contributed by atoms with Crippen LogP contribution in [0, 0.1) is 0 Å². The van der Waals surface area contributed by atoms with Crippen LogP contribution in [0.5, 0.6) is 0 Å². The predicted octanol–water partition coefficient (Wildman–Crippen LogP) is 4.04. The molecule has 0 aliphatic carbocycles. The van der Waals surface area contributed by atoms with E-state index in [1.54, 1.807) is 6.92 Å². The van der Waals surface area contributed by atoms with Crippen LogP contribution in [0.3, 0.4) is 0 Å². The Morgan fingerprint density at radius 3 is 2.55 bits per heavy atom. The normalized spacial score (nSPS) is 12.6. The van der Waals surface area contributed by atoms with Crippen LogP contribution in [0.4, 0.5) is 0 Å². The minimum Gasteiger partial charge on any atom is -0.380 e. The van der Waals surface area contributed by atoms with Crippen LogP contribution in [0.1, 0.15) is 24.2 Å². The molecule has 6 nitrogen and oxygen atoms in total. The van der Waals surface area contributed by atoms with E-state index in [1.165, 1.54) is 35.6 Å². The van der Waals surface area contributed by atoms with Crippen molar-refractivity contribution in [2.45, 2.75) is 25.3 Å². The second-order valence-electron chi connectivity index (χ2n) is 6.19. The first-order chi connectivity index (χ1) is 13.9. The van der Waals surface area contributed by atoms with Crippen molar-refractivity contribution in [3.05, 3.63) is 57.3 Å². The zero-order valence-electron chi connectivity index (χ0n) is 16.1. The zero-order valence-corrected chi connectivity index (χ0v) is 19.3. The van der Waals surface area contributed by atoms with Gasteiger partial charge in [0.2, 0.25) is 0 Å². The fourth-order valence-corrected chi connectivity index (χ4v) is 5.26. The van der Waals surface area contributed by atoms with Gasteiger partial charge in [0.15, 0.2) is 14.6 Å². The van der Waals surface area contributed by atoms with Gasteiger partial charge in [0.25, 0.3) is 5.91 Å². The van der Waals surface area contributed by atoms with Gasteiger partial charge in [-0.25, -0.2) is 8.42 Å². The Bertz CT molecular complexity index is 1200. The third kappa shape index (κ3) is 5.03. The fourth-order valence-electron chi connectivity index (χ4n) is 2.77. The number of sulfone groups is 1. The first-order valence-electron chi connectivity index (χ1n) is 9.14. The average molecular weight is 497 g/mol. The molecule has 0 saturated heterocycles. The summed E-state index contributed by atoms with van der Waals surface area (Å²) >= 11 is 4.90. The Kier molecular flexibility index (Phi) is 7.05. The summed E-state index contributed by atoms with van der Waals surface area (Å²) in [6.45, 7) is 5.24. The maximum Gasteiger partial charge on any atom is 0.279 e. The monoisotopic (exact) mass is 496 g/mol. The first kappa shape index (κ1) is 21.9. The van der Waals surface area contributed by atoms with E-state index < -0.39 is 15.7 Å². The lowest BCUT2D eigenvalue weighted by atomic mass is 10.2. The number of aromatic nitrogens is 1. The van der Waals surface area contributed by atoms with E-state index in [0.29, 0.717) is 30.1 Å². The highest BCUT2D eigenvalue weighted by Crippen LogP contribution is 2.22. The Labute approximate surface area is 181 Å². The van der Waals surface area contributed by atoms with Crippen LogP contribution in [0.15, 0.2) is 56.8 Å². The summed E-state index contributed by atoms with van der Waals surface area (Å²) in [5, 5.41) is 0. The molecule has 0 saturated carbocycles. The van der Waals surface area contributed by atoms with E-state index in [9.17, 15) is 13.2 Å². The number of carbonyl (C=O) groups excluding carboxylic acids is 1. The van der Waals surface area contributed by atoms with E-state index in [1.807, 2.05) is 29.7 Å². The maximum absolute atomic E-state index is 12.7. The predicted molar refractivity (Wildman–Crippen MR) is 118 cm³/mol. The molecule has 0 radical (unpaired) electrons. The van der Waals surface area contributed by atoms with E-state index in [4.69, 9.17) is 4.74 Å². The van der Waals surface area contributed by atoms with Crippen molar-refractivity contribution >= 4 is 53.2 Å². The van der Waals surface area contributed by atoms with Gasteiger partial charge in [-0.3, -0.25) is 4.79 Å². The van der Waals surface area contributed by atoms with Gasteiger partial charge < -0.3 is 9.30 Å². The minimum absolute atomic E-state index is 0.0157. The highest BCUT2D eigenvalue weighted by Gasteiger charge is 2.13. The van der Waals surface area contributed by atoms with Crippen molar-refractivity contribution in [1.82, 2.24) is 4.57 Å². The van der Waals surface area contributed by atoms with Gasteiger partial charge in [0.05, 0.1) is 27.5 Å². The van der Waals surface area contributed by atoms with E-state index in [0.717, 1.165) is 14.7 Å². The van der Waals surface area contributed by atoms with Crippen molar-refractivity contribution in [3.8, 4) is 0 Å². The van der Waals surface area contributed by atoms with Gasteiger partial charge in [-0.05, 0) is 49.4 Å². The lowest BCUT2D eigenvalue weighted by Crippen LogP contribution is -2.19. The largest absolute Gasteiger partial charge is 0.380 e. The van der Waals surface area contributed by atoms with E-state index in [-0.39, 0.29) is 10.6 Å². The third-order valence-electron chi connectivity index (χ3n) is 4.35. The molecule has 9 heteroatoms. The molecule has 0 atom stereocenters. The van der Waals surface area contributed by atoms with Gasteiger partial charge in [-0.1, -0.05) is 34.2 Å². The SMILES string of the molecule is CCOCCn1c(=NC(=O)c2ccc(S(=O)(=O)CC)cc2)sc2cc(Br)ccc21. The van der Waals surface area contributed by atoms with Gasteiger partial charge >= 0.3 is 0 Å². The minimum atomic E-state index is -3.30. The molecule has 29 heavy (non-hydrogen) atoms. The number of nitrogens with zero attached hydrogens (tertiary/aromatic N) is 2. The molecular weight excluding hydrogens is 476 g/mol. The Morgan fingerprint density at radius 2 is 1.90 bits per heavy atom. The summed E-state index contributed by atoms with van der Waals surface area (Å²) in [6.07, 6.45) is 0. The molecule has 1 heterocycles. The van der Waals surface area contributed by atoms with Crippen LogP contribution in [0.25, 0.3) is 10.2 Å². The summed E-state index contributed by atoms with van der Waals surface area (Å²) < 4.78 is 33.3. The molecule has 0 bridgehead atoms. The molecule has 0 spiro atoms. The molecule has 0 aliphatic heterocycles. The summed E-state index contributed by atoms with van der Waals surface area (Å²) in [7, 11) is -3.30. The first-order valence-corrected chi connectivity index (χ1v) is 12.4. The number of ether oxygens (including phenoxy) is 1. The number of benzene rings is 2. The van der Waals surface area contributed by atoms with Gasteiger partial charge in [0, 0.05) is 23.2 Å². The van der Waals surface area contributed by atoms with E-state index in [2.05, 4.69) is 20.9 Å². The summed E-state index contributed by atoms with van der Waals surface area (Å²) in [5.74, 6) is -0.400. The summed E-state index contributed by atoms with van der Waals surface area (Å²) in [5.41, 5.74) is 1.32. The van der Waals surface area contributed by atoms with Crippen LogP contribution in [0.2, 0.25) is 0 Å². The highest BCUT2D eigenvalue weighted by molar-refractivity contribution is 9.10. The molecule has 1 amide bonds.